The second-order valence-corrected chi connectivity index (χ2v) is 9.85. The number of nitrogens with zero attached hydrogens (tertiary/aromatic N) is 1. The maximum absolute atomic E-state index is 12.2. The average molecular weight is 512 g/mol. The Labute approximate surface area is 225 Å². The number of nitrogens with two attached hydrogens (primary N) is 2. The number of aliphatic hydroxyl groups excluding tert-OH is 1. The summed E-state index contributed by atoms with van der Waals surface area (Å²) in [5.41, 5.74) is 14.5. The number of hydrogen-bond acceptors (Lipinski definition) is 6. The van der Waals surface area contributed by atoms with E-state index in [-0.39, 0.29) is 12.6 Å². The Morgan fingerprint density at radius 2 is 1.26 bits per heavy atom. The average Bonchev–Trinajstić information content (AvgIpc) is 2.93. The second-order valence-electron chi connectivity index (χ2n) is 9.85. The molecule has 6 nitrogen and oxygen atoms in total. The number of benzene rings is 4. The zero-order chi connectivity index (χ0) is 27.0. The van der Waals surface area contributed by atoms with Crippen LogP contribution in [0.25, 0.3) is 0 Å². The molecule has 0 spiro atoms. The number of nitrogen functional groups attached to an aromatic ring is 2. The molecule has 0 aliphatic rings. The molecule has 38 heavy (non-hydrogen) atoms. The van der Waals surface area contributed by atoms with Gasteiger partial charge in [-0.25, -0.2) is 0 Å². The Balaban J connectivity index is 1.58. The van der Waals surface area contributed by atoms with Gasteiger partial charge in [0.1, 0.15) is 24.1 Å². The van der Waals surface area contributed by atoms with Crippen LogP contribution in [-0.2, 0) is 12.1 Å². The third kappa shape index (κ3) is 7.13. The minimum Gasteiger partial charge on any atom is -0.491 e. The maximum Gasteiger partial charge on any atom is 0.119 e. The molecule has 0 aliphatic heterocycles. The Hall–Kier alpha value is -3.84. The summed E-state index contributed by atoms with van der Waals surface area (Å²) in [7, 11) is 0. The summed E-state index contributed by atoms with van der Waals surface area (Å²) >= 11 is 0. The van der Waals surface area contributed by atoms with E-state index in [2.05, 4.69) is 24.0 Å². The number of aliphatic hydroxyl groups is 2. The summed E-state index contributed by atoms with van der Waals surface area (Å²) < 4.78 is 5.81. The van der Waals surface area contributed by atoms with E-state index in [4.69, 9.17) is 16.2 Å². The Kier molecular flexibility index (Phi) is 9.02. The molecule has 198 valence electrons. The van der Waals surface area contributed by atoms with E-state index in [0.29, 0.717) is 30.9 Å². The van der Waals surface area contributed by atoms with Crippen molar-refractivity contribution < 1.29 is 14.9 Å². The van der Waals surface area contributed by atoms with E-state index in [1.54, 1.807) is 24.3 Å². The van der Waals surface area contributed by atoms with Crippen molar-refractivity contribution in [1.29, 1.82) is 0 Å². The molecule has 4 aromatic carbocycles. The summed E-state index contributed by atoms with van der Waals surface area (Å²) in [6.45, 7) is 3.24. The molecular weight excluding hydrogens is 474 g/mol. The van der Waals surface area contributed by atoms with Gasteiger partial charge in [-0.15, -0.1) is 0 Å². The minimum atomic E-state index is -1.29. The van der Waals surface area contributed by atoms with E-state index in [1.807, 2.05) is 72.8 Å². The molecule has 0 bridgehead atoms. The third-order valence-corrected chi connectivity index (χ3v) is 6.85. The van der Waals surface area contributed by atoms with Crippen LogP contribution >= 0.6 is 0 Å². The van der Waals surface area contributed by atoms with Crippen LogP contribution in [0.4, 0.5) is 11.4 Å². The van der Waals surface area contributed by atoms with Crippen LogP contribution in [0.3, 0.4) is 0 Å². The zero-order valence-corrected chi connectivity index (χ0v) is 21.8. The maximum atomic E-state index is 12.2. The van der Waals surface area contributed by atoms with Gasteiger partial charge in [0.25, 0.3) is 0 Å². The van der Waals surface area contributed by atoms with Gasteiger partial charge in [-0.05, 0) is 66.4 Å². The van der Waals surface area contributed by atoms with Gasteiger partial charge in [-0.2, -0.15) is 0 Å². The van der Waals surface area contributed by atoms with Crippen LogP contribution in [0, 0.1) is 0 Å². The van der Waals surface area contributed by atoms with Crippen molar-refractivity contribution in [1.82, 2.24) is 4.90 Å². The summed E-state index contributed by atoms with van der Waals surface area (Å²) in [6.07, 6.45) is -0.331. The van der Waals surface area contributed by atoms with Gasteiger partial charge in [0, 0.05) is 30.5 Å². The lowest BCUT2D eigenvalue weighted by molar-refractivity contribution is 0.0107. The summed E-state index contributed by atoms with van der Waals surface area (Å²) in [5.74, 6) is 0.718. The first-order chi connectivity index (χ1) is 18.3. The molecule has 6 heteroatoms. The molecule has 6 N–H and O–H groups in total. The molecule has 0 saturated carbocycles. The Morgan fingerprint density at radius 1 is 0.763 bits per heavy atom. The smallest absolute Gasteiger partial charge is 0.119 e. The molecule has 2 atom stereocenters. The molecule has 0 aliphatic carbocycles. The van der Waals surface area contributed by atoms with Crippen molar-refractivity contribution in [3.05, 3.63) is 126 Å². The molecular formula is C32H37N3O3. The molecule has 0 heterocycles. The fourth-order valence-corrected chi connectivity index (χ4v) is 4.73. The van der Waals surface area contributed by atoms with E-state index >= 15 is 0 Å². The van der Waals surface area contributed by atoms with Crippen LogP contribution < -0.4 is 16.2 Å². The van der Waals surface area contributed by atoms with Gasteiger partial charge in [-0.3, -0.25) is 4.90 Å². The topological polar surface area (TPSA) is 105 Å². The van der Waals surface area contributed by atoms with Crippen LogP contribution in [0.2, 0.25) is 0 Å². The van der Waals surface area contributed by atoms with Crippen molar-refractivity contribution in [3.63, 3.8) is 0 Å². The van der Waals surface area contributed by atoms with E-state index in [0.717, 1.165) is 22.4 Å². The summed E-state index contributed by atoms with van der Waals surface area (Å²) in [4.78, 5) is 2.19. The fraction of sp³-hybridized carbons (Fsp3) is 0.250. The molecule has 4 rings (SSSR count). The van der Waals surface area contributed by atoms with Gasteiger partial charge >= 0.3 is 0 Å². The molecule has 0 saturated heterocycles. The predicted octanol–water partition coefficient (Wildman–Crippen LogP) is 4.81. The first kappa shape index (κ1) is 27.2. The Morgan fingerprint density at radius 3 is 1.79 bits per heavy atom. The van der Waals surface area contributed by atoms with Crippen LogP contribution in [0.1, 0.15) is 30.0 Å². The number of anilines is 2. The van der Waals surface area contributed by atoms with Gasteiger partial charge in [-0.1, -0.05) is 72.8 Å². The highest BCUT2D eigenvalue weighted by atomic mass is 16.5. The molecule has 1 unspecified atom stereocenters. The highest BCUT2D eigenvalue weighted by Crippen LogP contribution is 2.36. The monoisotopic (exact) mass is 511 g/mol. The van der Waals surface area contributed by atoms with Crippen molar-refractivity contribution >= 4 is 11.4 Å². The van der Waals surface area contributed by atoms with E-state index in [1.165, 1.54) is 0 Å². The SMILES string of the molecule is CC(CC(O)(c1ccc(N)cc1)c1ccc(N)cc1)N(Cc1ccccc1)C[C@H](O)COc1ccccc1. The molecule has 0 fully saturated rings. The molecule has 0 aromatic heterocycles. The lowest BCUT2D eigenvalue weighted by Gasteiger charge is -2.38. The van der Waals surface area contributed by atoms with Crippen molar-refractivity contribution in [2.24, 2.45) is 0 Å². The second kappa shape index (κ2) is 12.6. The van der Waals surface area contributed by atoms with Crippen LogP contribution in [-0.4, -0.2) is 40.4 Å². The standard InChI is InChI=1S/C32H37N3O3/c1-24(20-32(37,26-12-16-28(33)17-13-26)27-14-18-29(34)19-15-27)35(21-25-8-4-2-5-9-25)22-30(36)23-38-31-10-6-3-7-11-31/h2-19,24,30,36-37H,20-23,33-34H2,1H3/t24?,30-/m0/s1. The molecule has 0 amide bonds. The normalized spacial score (nSPS) is 13.3. The zero-order valence-electron chi connectivity index (χ0n) is 21.8. The fourth-order valence-electron chi connectivity index (χ4n) is 4.73. The highest BCUT2D eigenvalue weighted by Gasteiger charge is 2.35. The van der Waals surface area contributed by atoms with Crippen molar-refractivity contribution in [2.45, 2.75) is 37.6 Å². The van der Waals surface area contributed by atoms with E-state index < -0.39 is 11.7 Å². The number of rotatable bonds is 12. The van der Waals surface area contributed by atoms with E-state index in [9.17, 15) is 10.2 Å². The first-order valence-corrected chi connectivity index (χ1v) is 12.9. The molecule has 0 radical (unpaired) electrons. The van der Waals surface area contributed by atoms with Crippen LogP contribution in [0.15, 0.2) is 109 Å². The number of para-hydroxylation sites is 1. The lowest BCUT2D eigenvalue weighted by atomic mass is 9.81. The minimum absolute atomic E-state index is 0.110. The van der Waals surface area contributed by atoms with Gasteiger partial charge < -0.3 is 26.4 Å². The van der Waals surface area contributed by atoms with Crippen molar-refractivity contribution in [2.75, 3.05) is 24.6 Å². The Bertz CT molecular complexity index is 1200. The third-order valence-electron chi connectivity index (χ3n) is 6.85. The number of ether oxygens (including phenoxy) is 1. The van der Waals surface area contributed by atoms with Gasteiger partial charge in [0.2, 0.25) is 0 Å². The quantitative estimate of drug-likeness (QED) is 0.204. The molecule has 4 aromatic rings. The lowest BCUT2D eigenvalue weighted by Crippen LogP contribution is -2.44. The van der Waals surface area contributed by atoms with Gasteiger partial charge in [0.15, 0.2) is 0 Å². The largest absolute Gasteiger partial charge is 0.491 e. The van der Waals surface area contributed by atoms with Crippen LogP contribution in [0.5, 0.6) is 5.75 Å². The van der Waals surface area contributed by atoms with Gasteiger partial charge in [0.05, 0.1) is 0 Å². The summed E-state index contributed by atoms with van der Waals surface area (Å²) in [5, 5.41) is 23.2. The highest BCUT2D eigenvalue weighted by molar-refractivity contribution is 5.47. The van der Waals surface area contributed by atoms with Crippen molar-refractivity contribution in [3.8, 4) is 5.75 Å². The predicted molar refractivity (Wildman–Crippen MR) is 154 cm³/mol. The summed E-state index contributed by atoms with van der Waals surface area (Å²) in [6, 6.07) is 34.2. The number of hydrogen-bond donors (Lipinski definition) is 4. The first-order valence-electron chi connectivity index (χ1n) is 12.9.